The zero-order chi connectivity index (χ0) is 26.5. The lowest BCUT2D eigenvalue weighted by Crippen LogP contribution is -2.49. The highest BCUT2D eigenvalue weighted by atomic mass is 16.5. The number of ether oxygens (including phenoxy) is 1. The van der Waals surface area contributed by atoms with Crippen LogP contribution in [-0.2, 0) is 13.0 Å². The van der Waals surface area contributed by atoms with E-state index in [4.69, 9.17) is 4.74 Å². The molecule has 0 saturated heterocycles. The zero-order valence-electron chi connectivity index (χ0n) is 21.7. The topological polar surface area (TPSA) is 116 Å². The van der Waals surface area contributed by atoms with Gasteiger partial charge in [-0.3, -0.25) is 4.79 Å². The molecule has 2 atom stereocenters. The van der Waals surface area contributed by atoms with Gasteiger partial charge in [-0.15, -0.1) is 0 Å². The van der Waals surface area contributed by atoms with Crippen LogP contribution in [0, 0.1) is 0 Å². The minimum absolute atomic E-state index is 0.160. The molecule has 200 valence electrons. The second kappa shape index (κ2) is 11.8. The number of hydrogen-bond donors (Lipinski definition) is 5. The van der Waals surface area contributed by atoms with Gasteiger partial charge in [0.2, 0.25) is 0 Å². The van der Waals surface area contributed by atoms with Crippen LogP contribution < -0.4 is 20.7 Å². The van der Waals surface area contributed by atoms with E-state index < -0.39 is 6.10 Å². The fraction of sp³-hybridized carbons (Fsp3) is 0.400. The van der Waals surface area contributed by atoms with Crippen molar-refractivity contribution in [1.82, 2.24) is 15.6 Å². The number of hydrogen-bond acceptors (Lipinski definition) is 7. The number of carbonyl (C=O) groups is 1. The molecule has 2 aromatic rings. The maximum atomic E-state index is 12.7. The summed E-state index contributed by atoms with van der Waals surface area (Å²) in [5.41, 5.74) is 4.96. The van der Waals surface area contributed by atoms with E-state index in [0.29, 0.717) is 49.2 Å². The van der Waals surface area contributed by atoms with Crippen LogP contribution in [-0.4, -0.2) is 52.4 Å². The third kappa shape index (κ3) is 6.44. The van der Waals surface area contributed by atoms with E-state index in [1.54, 1.807) is 24.4 Å². The molecule has 1 aromatic carbocycles. The SMILES string of the molecule is CC1=CC=C(O)CC=C1COc1ccc2c(c1)CN[C@H]([C@H](O)CNC(=O)c1ccnc(NC3CCC3)c1)C2. The number of pyridine rings is 1. The van der Waals surface area contributed by atoms with Crippen LogP contribution in [0.2, 0.25) is 0 Å². The molecule has 38 heavy (non-hydrogen) atoms. The van der Waals surface area contributed by atoms with E-state index in [1.165, 1.54) is 6.42 Å². The van der Waals surface area contributed by atoms with E-state index in [9.17, 15) is 15.0 Å². The molecule has 5 rings (SSSR count). The largest absolute Gasteiger partial charge is 0.512 e. The van der Waals surface area contributed by atoms with Crippen LogP contribution in [0.5, 0.6) is 5.75 Å². The van der Waals surface area contributed by atoms with Gasteiger partial charge in [-0.1, -0.05) is 18.2 Å². The number of aliphatic hydroxyl groups excluding tert-OH is 2. The molecule has 3 aliphatic rings. The van der Waals surface area contributed by atoms with E-state index in [-0.39, 0.29) is 18.5 Å². The molecule has 0 radical (unpaired) electrons. The number of nitrogens with one attached hydrogen (secondary N) is 3. The molecule has 5 N–H and O–H groups in total. The summed E-state index contributed by atoms with van der Waals surface area (Å²) in [5.74, 6) is 1.63. The monoisotopic (exact) mass is 516 g/mol. The predicted octanol–water partition coefficient (Wildman–Crippen LogP) is 3.95. The number of nitrogens with zero attached hydrogens (tertiary/aromatic N) is 1. The Kier molecular flexibility index (Phi) is 8.10. The van der Waals surface area contributed by atoms with Gasteiger partial charge in [-0.05, 0) is 85.2 Å². The van der Waals surface area contributed by atoms with Crippen LogP contribution in [0.1, 0.15) is 54.1 Å². The van der Waals surface area contributed by atoms with Crippen molar-refractivity contribution in [2.24, 2.45) is 0 Å². The van der Waals surface area contributed by atoms with Crippen molar-refractivity contribution < 1.29 is 19.7 Å². The first-order chi connectivity index (χ1) is 18.4. The highest BCUT2D eigenvalue weighted by Crippen LogP contribution is 2.25. The van der Waals surface area contributed by atoms with Crippen molar-refractivity contribution in [2.75, 3.05) is 18.5 Å². The maximum absolute atomic E-state index is 12.7. The van der Waals surface area contributed by atoms with Crippen LogP contribution in [0.3, 0.4) is 0 Å². The first-order valence-corrected chi connectivity index (χ1v) is 13.4. The first-order valence-electron chi connectivity index (χ1n) is 13.4. The normalized spacial score (nSPS) is 20.1. The van der Waals surface area contributed by atoms with Gasteiger partial charge in [0.05, 0.1) is 11.9 Å². The van der Waals surface area contributed by atoms with Crippen molar-refractivity contribution >= 4 is 11.7 Å². The smallest absolute Gasteiger partial charge is 0.251 e. The van der Waals surface area contributed by atoms with Crippen molar-refractivity contribution in [3.05, 3.63) is 88.4 Å². The lowest BCUT2D eigenvalue weighted by molar-refractivity contribution is 0.0870. The molecule has 1 aromatic heterocycles. The molecule has 2 aliphatic carbocycles. The number of anilines is 1. The molecule has 1 aliphatic heterocycles. The molecule has 0 unspecified atom stereocenters. The Morgan fingerprint density at radius 1 is 1.21 bits per heavy atom. The number of amides is 1. The number of benzene rings is 1. The number of rotatable bonds is 9. The third-order valence-corrected chi connectivity index (χ3v) is 7.57. The van der Waals surface area contributed by atoms with Gasteiger partial charge in [0.1, 0.15) is 18.2 Å². The summed E-state index contributed by atoms with van der Waals surface area (Å²) >= 11 is 0. The minimum atomic E-state index is -0.723. The number of carbonyl (C=O) groups excluding carboxylic acids is 1. The zero-order valence-corrected chi connectivity index (χ0v) is 21.7. The molecular weight excluding hydrogens is 480 g/mol. The van der Waals surface area contributed by atoms with Gasteiger partial charge in [0.15, 0.2) is 0 Å². The molecule has 1 amide bonds. The Bertz CT molecular complexity index is 1260. The Balaban J connectivity index is 1.11. The summed E-state index contributed by atoms with van der Waals surface area (Å²) < 4.78 is 6.05. The second-order valence-corrected chi connectivity index (χ2v) is 10.3. The summed E-state index contributed by atoms with van der Waals surface area (Å²) in [6, 6.07) is 9.78. The fourth-order valence-corrected chi connectivity index (χ4v) is 4.85. The Morgan fingerprint density at radius 2 is 2.08 bits per heavy atom. The number of aromatic nitrogens is 1. The van der Waals surface area contributed by atoms with Crippen molar-refractivity contribution in [2.45, 2.75) is 63.8 Å². The van der Waals surface area contributed by atoms with Crippen molar-refractivity contribution in [3.8, 4) is 5.75 Å². The molecule has 1 fully saturated rings. The highest BCUT2D eigenvalue weighted by molar-refractivity contribution is 5.94. The van der Waals surface area contributed by atoms with Gasteiger partial charge >= 0.3 is 0 Å². The van der Waals surface area contributed by atoms with Gasteiger partial charge in [-0.2, -0.15) is 0 Å². The number of aliphatic hydroxyl groups is 2. The Labute approximate surface area is 223 Å². The van der Waals surface area contributed by atoms with E-state index in [0.717, 1.165) is 40.9 Å². The Hall–Kier alpha value is -3.62. The van der Waals surface area contributed by atoms with Crippen LogP contribution >= 0.6 is 0 Å². The molecule has 1 saturated carbocycles. The van der Waals surface area contributed by atoms with Gasteiger partial charge < -0.3 is 30.9 Å². The van der Waals surface area contributed by atoms with Gasteiger partial charge in [-0.25, -0.2) is 4.98 Å². The summed E-state index contributed by atoms with van der Waals surface area (Å²) in [6.07, 6.45) is 11.2. The van der Waals surface area contributed by atoms with Gasteiger partial charge in [0.25, 0.3) is 5.91 Å². The van der Waals surface area contributed by atoms with Crippen LogP contribution in [0.4, 0.5) is 5.82 Å². The summed E-state index contributed by atoms with van der Waals surface area (Å²) in [5, 5.41) is 30.2. The van der Waals surface area contributed by atoms with Crippen LogP contribution in [0.25, 0.3) is 0 Å². The molecule has 0 spiro atoms. The van der Waals surface area contributed by atoms with Crippen LogP contribution in [0.15, 0.2) is 71.7 Å². The van der Waals surface area contributed by atoms with Crippen molar-refractivity contribution in [1.29, 1.82) is 0 Å². The molecule has 8 nitrogen and oxygen atoms in total. The molecule has 0 bridgehead atoms. The fourth-order valence-electron chi connectivity index (χ4n) is 4.85. The first kappa shape index (κ1) is 26.0. The lowest BCUT2D eigenvalue weighted by Gasteiger charge is -2.30. The number of fused-ring (bicyclic) bond motifs is 1. The van der Waals surface area contributed by atoms with Crippen molar-refractivity contribution in [3.63, 3.8) is 0 Å². The maximum Gasteiger partial charge on any atom is 0.251 e. The van der Waals surface area contributed by atoms with Gasteiger partial charge in [0, 0.05) is 43.4 Å². The number of allylic oxidation sites excluding steroid dienone is 3. The molecular formula is C30H36N4O4. The standard InChI is InChI=1S/C30H36N4O4/c1-19-5-8-25(35)9-6-22(19)18-38-26-10-7-20-14-27(32-16-23(20)13-26)28(36)17-33-30(37)21-11-12-31-29(15-21)34-24-3-2-4-24/h5-8,10-13,15,24,27-28,32,35-36H,2-4,9,14,16-18H2,1H3,(H,31,34)(H,33,37)/t27-,28+/m0/s1. The summed E-state index contributed by atoms with van der Waals surface area (Å²) in [6.45, 7) is 3.22. The second-order valence-electron chi connectivity index (χ2n) is 10.3. The quantitative estimate of drug-likeness (QED) is 0.343. The predicted molar refractivity (Wildman–Crippen MR) is 147 cm³/mol. The third-order valence-electron chi connectivity index (χ3n) is 7.57. The minimum Gasteiger partial charge on any atom is -0.512 e. The molecule has 8 heteroatoms. The lowest BCUT2D eigenvalue weighted by atomic mass is 9.92. The average molecular weight is 517 g/mol. The average Bonchev–Trinajstić information content (AvgIpc) is 3.07. The summed E-state index contributed by atoms with van der Waals surface area (Å²) in [4.78, 5) is 17.0. The highest BCUT2D eigenvalue weighted by Gasteiger charge is 2.25. The molecule has 2 heterocycles. The van der Waals surface area contributed by atoms with E-state index >= 15 is 0 Å². The summed E-state index contributed by atoms with van der Waals surface area (Å²) in [7, 11) is 0. The van der Waals surface area contributed by atoms with E-state index in [1.807, 2.05) is 31.2 Å². The van der Waals surface area contributed by atoms with E-state index in [2.05, 4.69) is 27.0 Å². The Morgan fingerprint density at radius 3 is 2.89 bits per heavy atom.